The maximum absolute atomic E-state index is 12.0. The molecule has 0 unspecified atom stereocenters. The molecule has 3 rings (SSSR count). The number of nitro groups is 1. The van der Waals surface area contributed by atoms with Crippen molar-refractivity contribution >= 4 is 29.1 Å². The van der Waals surface area contributed by atoms with E-state index in [0.717, 1.165) is 17.3 Å². The van der Waals surface area contributed by atoms with Crippen LogP contribution in [0.25, 0.3) is 0 Å². The number of nitrogens with zero attached hydrogens (tertiary/aromatic N) is 2. The smallest absolute Gasteiger partial charge is 0.395 e. The molecule has 1 aromatic carbocycles. The second kappa shape index (κ2) is 5.56. The number of benzene rings is 1. The summed E-state index contributed by atoms with van der Waals surface area (Å²) in [6.07, 6.45) is 1.03. The summed E-state index contributed by atoms with van der Waals surface area (Å²) in [7, 11) is 1.71. The number of fused-ring (bicyclic) bond motifs is 1. The minimum absolute atomic E-state index is 0.0529. The number of carbonyl (C=O) groups is 2. The Labute approximate surface area is 130 Å². The van der Waals surface area contributed by atoms with Gasteiger partial charge in [0, 0.05) is 24.8 Å². The molecule has 8 heteroatoms. The van der Waals surface area contributed by atoms with Gasteiger partial charge in [0.15, 0.2) is 5.76 Å². The van der Waals surface area contributed by atoms with Crippen LogP contribution >= 0.6 is 0 Å². The molecule has 1 N–H and O–H groups in total. The Bertz CT molecular complexity index is 811. The molecule has 1 aliphatic heterocycles. The zero-order valence-electron chi connectivity index (χ0n) is 12.2. The Hall–Kier alpha value is -3.16. The lowest BCUT2D eigenvalue weighted by Gasteiger charge is -2.26. The van der Waals surface area contributed by atoms with E-state index in [0.29, 0.717) is 18.5 Å². The van der Waals surface area contributed by atoms with Crippen LogP contribution in [0.15, 0.2) is 34.7 Å². The van der Waals surface area contributed by atoms with Crippen molar-refractivity contribution in [3.63, 3.8) is 0 Å². The Kier molecular flexibility index (Phi) is 3.57. The molecule has 23 heavy (non-hydrogen) atoms. The van der Waals surface area contributed by atoms with E-state index in [1.807, 2.05) is 0 Å². The average Bonchev–Trinajstić information content (AvgIpc) is 3.01. The zero-order chi connectivity index (χ0) is 16.6. The number of nitrogens with one attached hydrogen (secondary N) is 1. The van der Waals surface area contributed by atoms with Gasteiger partial charge in [-0.2, -0.15) is 0 Å². The van der Waals surface area contributed by atoms with Gasteiger partial charge in [0.05, 0.1) is 6.07 Å². The maximum Gasteiger partial charge on any atom is 0.433 e. The first-order chi connectivity index (χ1) is 11.0. The molecule has 1 aliphatic rings. The summed E-state index contributed by atoms with van der Waals surface area (Å²) >= 11 is 0. The van der Waals surface area contributed by atoms with Gasteiger partial charge in [0.2, 0.25) is 5.91 Å². The lowest BCUT2D eigenvalue weighted by molar-refractivity contribution is -0.402. The first kappa shape index (κ1) is 14.8. The highest BCUT2D eigenvalue weighted by atomic mass is 16.6. The molecule has 0 spiro atoms. The number of hydrogen-bond acceptors (Lipinski definition) is 5. The van der Waals surface area contributed by atoms with E-state index >= 15 is 0 Å². The van der Waals surface area contributed by atoms with Gasteiger partial charge < -0.3 is 14.6 Å². The predicted molar refractivity (Wildman–Crippen MR) is 81.5 cm³/mol. The van der Waals surface area contributed by atoms with Crippen molar-refractivity contribution in [2.45, 2.75) is 12.8 Å². The van der Waals surface area contributed by atoms with Gasteiger partial charge in [0.25, 0.3) is 5.91 Å². The largest absolute Gasteiger partial charge is 0.433 e. The summed E-state index contributed by atoms with van der Waals surface area (Å²) in [5.41, 5.74) is 2.30. The van der Waals surface area contributed by atoms with E-state index in [-0.39, 0.29) is 11.7 Å². The fourth-order valence-corrected chi connectivity index (χ4v) is 2.47. The number of amides is 2. The van der Waals surface area contributed by atoms with E-state index in [1.165, 1.54) is 6.07 Å². The zero-order valence-corrected chi connectivity index (χ0v) is 12.2. The van der Waals surface area contributed by atoms with Crippen molar-refractivity contribution < 1.29 is 18.9 Å². The second-order valence-corrected chi connectivity index (χ2v) is 5.15. The van der Waals surface area contributed by atoms with Crippen molar-refractivity contribution in [2.75, 3.05) is 17.3 Å². The summed E-state index contributed by atoms with van der Waals surface area (Å²) in [4.78, 5) is 35.1. The Morgan fingerprint density at radius 1 is 1.30 bits per heavy atom. The van der Waals surface area contributed by atoms with Gasteiger partial charge in [-0.05, 0) is 36.2 Å². The van der Waals surface area contributed by atoms with E-state index in [1.54, 1.807) is 30.1 Å². The number of carbonyl (C=O) groups excluding carboxylic acids is 2. The average molecular weight is 315 g/mol. The molecule has 1 aromatic heterocycles. The third kappa shape index (κ3) is 2.78. The quantitative estimate of drug-likeness (QED) is 0.691. The summed E-state index contributed by atoms with van der Waals surface area (Å²) in [5.74, 6) is -1.14. The fourth-order valence-electron chi connectivity index (χ4n) is 2.47. The first-order valence-corrected chi connectivity index (χ1v) is 6.91. The normalized spacial score (nSPS) is 13.6. The molecule has 118 valence electrons. The maximum atomic E-state index is 12.0. The molecule has 8 nitrogen and oxygen atoms in total. The van der Waals surface area contributed by atoms with E-state index < -0.39 is 16.7 Å². The number of hydrogen-bond donors (Lipinski definition) is 1. The molecular formula is C15H13N3O5. The third-order valence-electron chi connectivity index (χ3n) is 3.68. The number of rotatable bonds is 3. The lowest BCUT2D eigenvalue weighted by atomic mass is 10.0. The Morgan fingerprint density at radius 3 is 2.78 bits per heavy atom. The molecule has 2 amide bonds. The minimum Gasteiger partial charge on any atom is -0.395 e. The Morgan fingerprint density at radius 2 is 2.09 bits per heavy atom. The van der Waals surface area contributed by atoms with Gasteiger partial charge in [-0.15, -0.1) is 0 Å². The molecule has 0 fully saturated rings. The highest BCUT2D eigenvalue weighted by molar-refractivity contribution is 6.03. The highest BCUT2D eigenvalue weighted by Crippen LogP contribution is 2.29. The van der Waals surface area contributed by atoms with Crippen LogP contribution in [0.5, 0.6) is 0 Å². The van der Waals surface area contributed by atoms with E-state index in [2.05, 4.69) is 5.32 Å². The predicted octanol–water partition coefficient (Wildman–Crippen LogP) is 2.35. The van der Waals surface area contributed by atoms with Crippen molar-refractivity contribution in [3.8, 4) is 0 Å². The topological polar surface area (TPSA) is 106 Å². The van der Waals surface area contributed by atoms with Crippen LogP contribution in [0, 0.1) is 10.1 Å². The number of aryl methyl sites for hydroxylation is 1. The molecule has 0 atom stereocenters. The van der Waals surface area contributed by atoms with Crippen LogP contribution in [-0.2, 0) is 11.2 Å². The summed E-state index contributed by atoms with van der Waals surface area (Å²) in [6.45, 7) is 0. The van der Waals surface area contributed by atoms with Crippen LogP contribution in [-0.4, -0.2) is 23.8 Å². The van der Waals surface area contributed by atoms with Gasteiger partial charge in [-0.1, -0.05) is 0 Å². The van der Waals surface area contributed by atoms with Crippen molar-refractivity contribution in [2.24, 2.45) is 0 Å². The van der Waals surface area contributed by atoms with Crippen LogP contribution in [0.4, 0.5) is 17.3 Å². The summed E-state index contributed by atoms with van der Waals surface area (Å²) < 4.78 is 4.86. The first-order valence-electron chi connectivity index (χ1n) is 6.91. The molecule has 0 aliphatic carbocycles. The molecule has 0 saturated heterocycles. The van der Waals surface area contributed by atoms with Crippen LogP contribution < -0.4 is 10.2 Å². The highest BCUT2D eigenvalue weighted by Gasteiger charge is 2.22. The van der Waals surface area contributed by atoms with Crippen LogP contribution in [0.2, 0.25) is 0 Å². The van der Waals surface area contributed by atoms with Gasteiger partial charge in [-0.3, -0.25) is 19.7 Å². The van der Waals surface area contributed by atoms with E-state index in [4.69, 9.17) is 4.42 Å². The molecule has 0 saturated carbocycles. The molecule has 0 radical (unpaired) electrons. The van der Waals surface area contributed by atoms with E-state index in [9.17, 15) is 19.7 Å². The monoisotopic (exact) mass is 315 g/mol. The van der Waals surface area contributed by atoms with Crippen LogP contribution in [0.3, 0.4) is 0 Å². The summed E-state index contributed by atoms with van der Waals surface area (Å²) in [6, 6.07) is 7.59. The molecular weight excluding hydrogens is 302 g/mol. The SMILES string of the molecule is CN1C(=O)CCc2cc(NC(=O)c3ccc([N+](=O)[O-])o3)ccc21. The van der Waals surface area contributed by atoms with Crippen molar-refractivity contribution in [3.05, 3.63) is 51.8 Å². The van der Waals surface area contributed by atoms with Crippen molar-refractivity contribution in [1.82, 2.24) is 0 Å². The molecule has 2 heterocycles. The van der Waals surface area contributed by atoms with Crippen molar-refractivity contribution in [1.29, 1.82) is 0 Å². The van der Waals surface area contributed by atoms with Gasteiger partial charge >= 0.3 is 5.88 Å². The van der Waals surface area contributed by atoms with Crippen LogP contribution in [0.1, 0.15) is 22.5 Å². The fraction of sp³-hybridized carbons (Fsp3) is 0.200. The van der Waals surface area contributed by atoms with Gasteiger partial charge in [-0.25, -0.2) is 0 Å². The number of furan rings is 1. The molecule has 0 bridgehead atoms. The number of anilines is 2. The second-order valence-electron chi connectivity index (χ2n) is 5.15. The minimum atomic E-state index is -0.706. The summed E-state index contributed by atoms with van der Waals surface area (Å²) in [5, 5.41) is 13.2. The third-order valence-corrected chi connectivity index (χ3v) is 3.68. The Balaban J connectivity index is 1.79. The standard InChI is InChI=1S/C15H13N3O5/c1-17-11-4-3-10(8-9(11)2-6-13(17)19)16-15(20)12-5-7-14(23-12)18(21)22/h3-5,7-8H,2,6H2,1H3,(H,16,20). The van der Waals surface area contributed by atoms with Gasteiger partial charge in [0.1, 0.15) is 4.92 Å². The molecule has 2 aromatic rings. The lowest BCUT2D eigenvalue weighted by Crippen LogP contribution is -2.31.